The van der Waals surface area contributed by atoms with Gasteiger partial charge < -0.3 is 15.2 Å². The maximum atomic E-state index is 12.2. The van der Waals surface area contributed by atoms with E-state index in [2.05, 4.69) is 12.2 Å². The van der Waals surface area contributed by atoms with Gasteiger partial charge in [-0.2, -0.15) is 0 Å². The van der Waals surface area contributed by atoms with Crippen LogP contribution >= 0.6 is 0 Å². The van der Waals surface area contributed by atoms with Crippen molar-refractivity contribution in [1.82, 2.24) is 5.32 Å². The summed E-state index contributed by atoms with van der Waals surface area (Å²) < 4.78 is 5.05. The summed E-state index contributed by atoms with van der Waals surface area (Å²) in [5, 5.41) is 12.0. The molecule has 126 valence electrons. The van der Waals surface area contributed by atoms with Crippen LogP contribution in [0.4, 0.5) is 0 Å². The Hall–Kier alpha value is -2.82. The minimum atomic E-state index is -1.10. The van der Waals surface area contributed by atoms with E-state index in [9.17, 15) is 14.7 Å². The van der Waals surface area contributed by atoms with Gasteiger partial charge in [-0.3, -0.25) is 4.79 Å². The van der Waals surface area contributed by atoms with Crippen LogP contribution in [0.15, 0.2) is 48.5 Å². The zero-order valence-corrected chi connectivity index (χ0v) is 13.8. The molecule has 0 aliphatic rings. The number of methoxy groups -OCH3 is 1. The second kappa shape index (κ2) is 8.15. The SMILES string of the molecule is CCc1ccc(CC(=O)NC(C(=O)O)c2ccc(OC)cc2)cc1. The van der Waals surface area contributed by atoms with E-state index in [0.29, 0.717) is 11.3 Å². The van der Waals surface area contributed by atoms with Gasteiger partial charge in [-0.25, -0.2) is 4.79 Å². The summed E-state index contributed by atoms with van der Waals surface area (Å²) in [6, 6.07) is 13.2. The number of aliphatic carboxylic acids is 1. The van der Waals surface area contributed by atoms with Crippen LogP contribution in [0.3, 0.4) is 0 Å². The highest BCUT2D eigenvalue weighted by atomic mass is 16.5. The van der Waals surface area contributed by atoms with Gasteiger partial charge in [0.05, 0.1) is 13.5 Å². The topological polar surface area (TPSA) is 75.6 Å². The van der Waals surface area contributed by atoms with Gasteiger partial charge in [-0.15, -0.1) is 0 Å². The molecule has 2 aromatic carbocycles. The van der Waals surface area contributed by atoms with Crippen LogP contribution in [0, 0.1) is 0 Å². The average molecular weight is 327 g/mol. The second-order valence-corrected chi connectivity index (χ2v) is 5.46. The van der Waals surface area contributed by atoms with E-state index in [-0.39, 0.29) is 12.3 Å². The Morgan fingerprint density at radius 1 is 1.04 bits per heavy atom. The molecule has 0 bridgehead atoms. The Balaban J connectivity index is 2.05. The van der Waals surface area contributed by atoms with Crippen molar-refractivity contribution in [2.75, 3.05) is 7.11 Å². The lowest BCUT2D eigenvalue weighted by Crippen LogP contribution is -2.34. The van der Waals surface area contributed by atoms with Crippen LogP contribution < -0.4 is 10.1 Å². The third kappa shape index (κ3) is 4.59. The number of ether oxygens (including phenoxy) is 1. The quantitative estimate of drug-likeness (QED) is 0.820. The van der Waals surface area contributed by atoms with E-state index in [1.807, 2.05) is 24.3 Å². The van der Waals surface area contributed by atoms with Crippen molar-refractivity contribution in [1.29, 1.82) is 0 Å². The molecule has 24 heavy (non-hydrogen) atoms. The van der Waals surface area contributed by atoms with Gasteiger partial charge >= 0.3 is 5.97 Å². The van der Waals surface area contributed by atoms with E-state index >= 15 is 0 Å². The minimum absolute atomic E-state index is 0.143. The molecule has 1 amide bonds. The van der Waals surface area contributed by atoms with Crippen LogP contribution in [0.25, 0.3) is 0 Å². The lowest BCUT2D eigenvalue weighted by atomic mass is 10.0. The fourth-order valence-corrected chi connectivity index (χ4v) is 2.37. The lowest BCUT2D eigenvalue weighted by molar-refractivity contribution is -0.141. The maximum Gasteiger partial charge on any atom is 0.330 e. The Labute approximate surface area is 141 Å². The summed E-state index contributed by atoms with van der Waals surface area (Å²) in [6.07, 6.45) is 1.08. The van der Waals surface area contributed by atoms with Gasteiger partial charge in [0, 0.05) is 0 Å². The highest BCUT2D eigenvalue weighted by Gasteiger charge is 2.22. The number of benzene rings is 2. The number of hydrogen-bond donors (Lipinski definition) is 2. The zero-order chi connectivity index (χ0) is 17.5. The summed E-state index contributed by atoms with van der Waals surface area (Å²) in [6.45, 7) is 2.06. The summed E-state index contributed by atoms with van der Waals surface area (Å²) in [5.74, 6) is -0.803. The number of rotatable bonds is 7. The summed E-state index contributed by atoms with van der Waals surface area (Å²) in [7, 11) is 1.54. The maximum absolute atomic E-state index is 12.2. The van der Waals surface area contributed by atoms with Gasteiger partial charge in [0.1, 0.15) is 5.75 Å². The van der Waals surface area contributed by atoms with Gasteiger partial charge in [0.25, 0.3) is 0 Å². The van der Waals surface area contributed by atoms with Gasteiger partial charge in [0.15, 0.2) is 6.04 Å². The molecule has 0 heterocycles. The third-order valence-electron chi connectivity index (χ3n) is 3.80. The zero-order valence-electron chi connectivity index (χ0n) is 13.8. The smallest absolute Gasteiger partial charge is 0.330 e. The molecule has 0 aromatic heterocycles. The van der Waals surface area contributed by atoms with E-state index < -0.39 is 12.0 Å². The number of carbonyl (C=O) groups is 2. The fourth-order valence-electron chi connectivity index (χ4n) is 2.37. The molecule has 0 aliphatic carbocycles. The molecular weight excluding hydrogens is 306 g/mol. The highest BCUT2D eigenvalue weighted by molar-refractivity contribution is 5.85. The molecule has 2 aromatic rings. The number of amides is 1. The molecule has 1 atom stereocenters. The molecule has 0 spiro atoms. The number of carbonyl (C=O) groups excluding carboxylic acids is 1. The molecule has 0 radical (unpaired) electrons. The summed E-state index contributed by atoms with van der Waals surface area (Å²) in [4.78, 5) is 23.7. The molecule has 0 aliphatic heterocycles. The normalized spacial score (nSPS) is 11.6. The van der Waals surface area contributed by atoms with E-state index in [1.54, 1.807) is 24.3 Å². The first-order valence-electron chi connectivity index (χ1n) is 7.77. The van der Waals surface area contributed by atoms with Crippen molar-refractivity contribution in [2.45, 2.75) is 25.8 Å². The van der Waals surface area contributed by atoms with Crippen molar-refractivity contribution in [2.24, 2.45) is 0 Å². The predicted octanol–water partition coefficient (Wildman–Crippen LogP) is 2.74. The number of carboxylic acid groups (broad SMARTS) is 1. The van der Waals surface area contributed by atoms with Crippen LogP contribution in [-0.4, -0.2) is 24.1 Å². The number of aryl methyl sites for hydroxylation is 1. The Bertz CT molecular complexity index is 692. The molecule has 0 saturated heterocycles. The summed E-state index contributed by atoms with van der Waals surface area (Å²) in [5.41, 5.74) is 2.54. The summed E-state index contributed by atoms with van der Waals surface area (Å²) >= 11 is 0. The third-order valence-corrected chi connectivity index (χ3v) is 3.80. The van der Waals surface area contributed by atoms with E-state index in [1.165, 1.54) is 12.7 Å². The Morgan fingerprint density at radius 2 is 1.62 bits per heavy atom. The predicted molar refractivity (Wildman–Crippen MR) is 91.0 cm³/mol. The number of nitrogens with one attached hydrogen (secondary N) is 1. The van der Waals surface area contributed by atoms with Crippen molar-refractivity contribution < 1.29 is 19.4 Å². The average Bonchev–Trinajstić information content (AvgIpc) is 2.60. The minimum Gasteiger partial charge on any atom is -0.497 e. The van der Waals surface area contributed by atoms with Crippen molar-refractivity contribution in [3.63, 3.8) is 0 Å². The molecule has 5 nitrogen and oxygen atoms in total. The van der Waals surface area contributed by atoms with Crippen LogP contribution in [0.1, 0.15) is 29.7 Å². The van der Waals surface area contributed by atoms with Gasteiger partial charge in [0.2, 0.25) is 5.91 Å². The molecule has 2 N–H and O–H groups in total. The van der Waals surface area contributed by atoms with Gasteiger partial charge in [-0.1, -0.05) is 43.3 Å². The number of carboxylic acids is 1. The Morgan fingerprint density at radius 3 is 2.12 bits per heavy atom. The largest absolute Gasteiger partial charge is 0.497 e. The van der Waals surface area contributed by atoms with Crippen molar-refractivity contribution in [3.05, 3.63) is 65.2 Å². The first-order valence-corrected chi connectivity index (χ1v) is 7.77. The standard InChI is InChI=1S/C19H21NO4/c1-3-13-4-6-14(7-5-13)12-17(21)20-18(19(22)23)15-8-10-16(24-2)11-9-15/h4-11,18H,3,12H2,1-2H3,(H,20,21)(H,22,23). The molecule has 1 unspecified atom stereocenters. The molecule has 0 saturated carbocycles. The van der Waals surface area contributed by atoms with Crippen LogP contribution in [0.5, 0.6) is 5.75 Å². The fraction of sp³-hybridized carbons (Fsp3) is 0.263. The van der Waals surface area contributed by atoms with Crippen molar-refractivity contribution in [3.8, 4) is 5.75 Å². The molecule has 5 heteroatoms. The Kier molecular flexibility index (Phi) is 5.95. The van der Waals surface area contributed by atoms with E-state index in [4.69, 9.17) is 4.74 Å². The van der Waals surface area contributed by atoms with Crippen LogP contribution in [0.2, 0.25) is 0 Å². The van der Waals surface area contributed by atoms with E-state index in [0.717, 1.165) is 12.0 Å². The number of hydrogen-bond acceptors (Lipinski definition) is 3. The molecular formula is C19H21NO4. The first kappa shape index (κ1) is 17.5. The van der Waals surface area contributed by atoms with Crippen LogP contribution in [-0.2, 0) is 22.4 Å². The monoisotopic (exact) mass is 327 g/mol. The highest BCUT2D eigenvalue weighted by Crippen LogP contribution is 2.18. The first-order chi connectivity index (χ1) is 11.5. The molecule has 2 rings (SSSR count). The second-order valence-electron chi connectivity index (χ2n) is 5.46. The lowest BCUT2D eigenvalue weighted by Gasteiger charge is -2.15. The van der Waals surface area contributed by atoms with Crippen molar-refractivity contribution >= 4 is 11.9 Å². The molecule has 0 fully saturated rings. The van der Waals surface area contributed by atoms with Gasteiger partial charge in [-0.05, 0) is 35.2 Å².